The summed E-state index contributed by atoms with van der Waals surface area (Å²) >= 11 is 0. The van der Waals surface area contributed by atoms with Crippen LogP contribution in [0.5, 0.6) is 17.5 Å². The van der Waals surface area contributed by atoms with Crippen molar-refractivity contribution in [3.05, 3.63) is 70.8 Å². The van der Waals surface area contributed by atoms with Crippen molar-refractivity contribution in [1.82, 2.24) is 4.57 Å². The summed E-state index contributed by atoms with van der Waals surface area (Å²) < 4.78 is 8.57. The van der Waals surface area contributed by atoms with Gasteiger partial charge in [0.15, 0.2) is 11.8 Å². The van der Waals surface area contributed by atoms with Gasteiger partial charge in [-0.25, -0.2) is 0 Å². The summed E-state index contributed by atoms with van der Waals surface area (Å²) in [5.41, 5.74) is 5.25. The van der Waals surface area contributed by atoms with Gasteiger partial charge >= 0.3 is 0 Å². The standard InChI is InChI=1S/C31H38N2O3/c1-28(2,3)20-16-19-14-15-31(36-27(19)23(17-20)29(4,5)6)30(7,8)22-18-21(10-11-24(22)32(31)9)33-25(34)12-13-26(33)35/h10-18,34-35H,1-9H3. The van der Waals surface area contributed by atoms with E-state index in [0.717, 1.165) is 22.6 Å². The number of fused-ring (bicyclic) bond motifs is 2. The molecule has 1 spiro atoms. The van der Waals surface area contributed by atoms with Gasteiger partial charge in [-0.05, 0) is 72.2 Å². The van der Waals surface area contributed by atoms with Crippen LogP contribution in [0.4, 0.5) is 5.69 Å². The molecular weight excluding hydrogens is 448 g/mol. The molecule has 2 aliphatic rings. The van der Waals surface area contributed by atoms with Crippen LogP contribution in [-0.2, 0) is 16.2 Å². The highest BCUT2D eigenvalue weighted by Gasteiger charge is 2.58. The fraction of sp³-hybridized carbons (Fsp3) is 0.419. The molecule has 0 amide bonds. The van der Waals surface area contributed by atoms with Crippen LogP contribution in [-0.4, -0.2) is 27.6 Å². The SMILES string of the molecule is CN1c2ccc(-n3c(O)ccc3O)cc2C(C)(C)C12C=Cc1cc(C(C)(C)C)cc(C(C)(C)C)c1O2. The molecule has 1 unspecified atom stereocenters. The summed E-state index contributed by atoms with van der Waals surface area (Å²) in [5, 5.41) is 20.6. The first-order valence-electron chi connectivity index (χ1n) is 12.6. The van der Waals surface area contributed by atoms with Gasteiger partial charge in [-0.1, -0.05) is 47.6 Å². The lowest BCUT2D eigenvalue weighted by molar-refractivity contribution is 0.0561. The number of nitrogens with zero attached hydrogens (tertiary/aromatic N) is 2. The van der Waals surface area contributed by atoms with Crippen LogP contribution >= 0.6 is 0 Å². The van der Waals surface area contributed by atoms with Crippen molar-refractivity contribution >= 4 is 11.8 Å². The van der Waals surface area contributed by atoms with Gasteiger partial charge < -0.3 is 19.8 Å². The molecule has 3 heterocycles. The zero-order valence-electron chi connectivity index (χ0n) is 22.9. The van der Waals surface area contributed by atoms with Crippen molar-refractivity contribution in [1.29, 1.82) is 0 Å². The zero-order chi connectivity index (χ0) is 26.4. The number of aromatic nitrogens is 1. The molecule has 2 aromatic carbocycles. The number of anilines is 1. The van der Waals surface area contributed by atoms with E-state index in [1.807, 2.05) is 18.2 Å². The van der Waals surface area contributed by atoms with Crippen molar-refractivity contribution in [2.45, 2.75) is 77.4 Å². The molecule has 0 aliphatic carbocycles. The zero-order valence-corrected chi connectivity index (χ0v) is 22.9. The molecule has 1 atom stereocenters. The molecule has 0 saturated carbocycles. The second-order valence-electron chi connectivity index (χ2n) is 12.8. The predicted octanol–water partition coefficient (Wildman–Crippen LogP) is 7.01. The summed E-state index contributed by atoms with van der Waals surface area (Å²) in [6.45, 7) is 17.9. The number of ether oxygens (including phenoxy) is 1. The fourth-order valence-corrected chi connectivity index (χ4v) is 5.72. The fourth-order valence-electron chi connectivity index (χ4n) is 5.72. The maximum atomic E-state index is 10.3. The molecule has 5 heteroatoms. The van der Waals surface area contributed by atoms with Gasteiger partial charge in [0.05, 0.1) is 11.1 Å². The Bertz CT molecular complexity index is 1380. The Balaban J connectivity index is 1.67. The van der Waals surface area contributed by atoms with Gasteiger partial charge in [0.1, 0.15) is 5.75 Å². The highest BCUT2D eigenvalue weighted by atomic mass is 16.5. The normalized spacial score (nSPS) is 20.4. The molecule has 1 aromatic heterocycles. The van der Waals surface area contributed by atoms with Crippen LogP contribution in [0, 0.1) is 0 Å². The van der Waals surface area contributed by atoms with E-state index >= 15 is 0 Å². The van der Waals surface area contributed by atoms with Crippen molar-refractivity contribution in [3.8, 4) is 23.2 Å². The van der Waals surface area contributed by atoms with Crippen molar-refractivity contribution in [2.75, 3.05) is 11.9 Å². The number of aromatic hydroxyl groups is 2. The minimum absolute atomic E-state index is 0.00136. The molecule has 0 bridgehead atoms. The molecule has 0 radical (unpaired) electrons. The van der Waals surface area contributed by atoms with Gasteiger partial charge in [-0.15, -0.1) is 0 Å². The number of benzene rings is 2. The Labute approximate surface area is 214 Å². The lowest BCUT2D eigenvalue weighted by Gasteiger charge is -2.47. The van der Waals surface area contributed by atoms with Crippen LogP contribution < -0.4 is 9.64 Å². The van der Waals surface area contributed by atoms with Crippen LogP contribution in [0.3, 0.4) is 0 Å². The van der Waals surface area contributed by atoms with E-state index in [-0.39, 0.29) is 22.6 Å². The third-order valence-electron chi connectivity index (χ3n) is 8.04. The average molecular weight is 487 g/mol. The molecule has 5 nitrogen and oxygen atoms in total. The third-order valence-corrected chi connectivity index (χ3v) is 8.04. The van der Waals surface area contributed by atoms with E-state index in [1.165, 1.54) is 27.8 Å². The quantitative estimate of drug-likeness (QED) is 0.388. The Kier molecular flexibility index (Phi) is 4.97. The first kappa shape index (κ1) is 24.4. The lowest BCUT2D eigenvalue weighted by atomic mass is 9.74. The molecular formula is C31H38N2O3. The average Bonchev–Trinajstić information content (AvgIpc) is 3.19. The summed E-state index contributed by atoms with van der Waals surface area (Å²) in [6.07, 6.45) is 4.41. The largest absolute Gasteiger partial charge is 0.494 e. The number of likely N-dealkylation sites (N-methyl/N-ethyl adjacent to an activating group) is 1. The van der Waals surface area contributed by atoms with Crippen LogP contribution in [0.25, 0.3) is 11.8 Å². The number of hydrogen-bond acceptors (Lipinski definition) is 4. The second-order valence-corrected chi connectivity index (χ2v) is 12.8. The maximum Gasteiger partial charge on any atom is 0.211 e. The van der Waals surface area contributed by atoms with Crippen molar-refractivity contribution < 1.29 is 14.9 Å². The van der Waals surface area contributed by atoms with E-state index in [0.29, 0.717) is 5.69 Å². The van der Waals surface area contributed by atoms with Gasteiger partial charge in [-0.2, -0.15) is 0 Å². The van der Waals surface area contributed by atoms with Crippen LogP contribution in [0.1, 0.15) is 77.6 Å². The Morgan fingerprint density at radius 2 is 1.47 bits per heavy atom. The van der Waals surface area contributed by atoms with E-state index in [1.54, 1.807) is 0 Å². The number of hydrogen-bond donors (Lipinski definition) is 2. The lowest BCUT2D eigenvalue weighted by Crippen LogP contribution is -2.58. The second kappa shape index (κ2) is 7.34. The van der Waals surface area contributed by atoms with Crippen LogP contribution in [0.2, 0.25) is 0 Å². The van der Waals surface area contributed by atoms with Gasteiger partial charge in [-0.3, -0.25) is 4.57 Å². The van der Waals surface area contributed by atoms with E-state index < -0.39 is 11.1 Å². The van der Waals surface area contributed by atoms with Gasteiger partial charge in [0.2, 0.25) is 5.72 Å². The van der Waals surface area contributed by atoms with Crippen molar-refractivity contribution in [2.24, 2.45) is 0 Å². The van der Waals surface area contributed by atoms with E-state index in [2.05, 4.69) is 91.6 Å². The Morgan fingerprint density at radius 1 is 0.833 bits per heavy atom. The molecule has 0 fully saturated rings. The predicted molar refractivity (Wildman–Crippen MR) is 147 cm³/mol. The molecule has 36 heavy (non-hydrogen) atoms. The number of rotatable bonds is 1. The monoisotopic (exact) mass is 486 g/mol. The maximum absolute atomic E-state index is 10.3. The highest BCUT2D eigenvalue weighted by molar-refractivity contribution is 5.75. The Morgan fingerprint density at radius 3 is 2.06 bits per heavy atom. The molecule has 2 aliphatic heterocycles. The minimum atomic E-state index is -0.731. The summed E-state index contributed by atoms with van der Waals surface area (Å²) in [7, 11) is 2.08. The minimum Gasteiger partial charge on any atom is -0.494 e. The molecule has 3 aromatic rings. The van der Waals surface area contributed by atoms with E-state index in [9.17, 15) is 10.2 Å². The van der Waals surface area contributed by atoms with E-state index in [4.69, 9.17) is 4.74 Å². The topological polar surface area (TPSA) is 57.9 Å². The Hall–Kier alpha value is -3.34. The molecule has 5 rings (SSSR count). The van der Waals surface area contributed by atoms with Crippen molar-refractivity contribution in [3.63, 3.8) is 0 Å². The molecule has 0 saturated heterocycles. The molecule has 2 N–H and O–H groups in total. The van der Waals surface area contributed by atoms with Crippen LogP contribution in [0.15, 0.2) is 48.5 Å². The first-order chi connectivity index (χ1) is 16.6. The summed E-state index contributed by atoms with van der Waals surface area (Å²) in [5.74, 6) is 0.934. The van der Waals surface area contributed by atoms with Gasteiger partial charge in [0.25, 0.3) is 0 Å². The molecule has 190 valence electrons. The summed E-state index contributed by atoms with van der Waals surface area (Å²) in [4.78, 5) is 2.21. The summed E-state index contributed by atoms with van der Waals surface area (Å²) in [6, 6.07) is 13.6. The highest BCUT2D eigenvalue weighted by Crippen LogP contribution is 2.56. The first-order valence-corrected chi connectivity index (χ1v) is 12.6. The van der Waals surface area contributed by atoms with Gasteiger partial charge in [0, 0.05) is 36.0 Å². The third kappa shape index (κ3) is 3.28. The smallest absolute Gasteiger partial charge is 0.211 e.